The minimum Gasteiger partial charge on any atom is -0.469 e. The quantitative estimate of drug-likeness (QED) is 0.469. The number of alkyl halides is 1. The highest BCUT2D eigenvalue weighted by Gasteiger charge is 2.01. The molecule has 0 aliphatic carbocycles. The van der Waals surface area contributed by atoms with E-state index in [2.05, 4.69) is 4.74 Å². The molecule has 0 saturated carbocycles. The van der Waals surface area contributed by atoms with Crippen LogP contribution in [0.1, 0.15) is 26.2 Å². The molecule has 0 saturated heterocycles. The number of hydrogen-bond acceptors (Lipinski definition) is 2. The smallest absolute Gasteiger partial charge is 0.305 e. The number of halogens is 1. The summed E-state index contributed by atoms with van der Waals surface area (Å²) >= 11 is 5.65. The van der Waals surface area contributed by atoms with Gasteiger partial charge in [-0.1, -0.05) is 0 Å². The second-order valence-electron chi connectivity index (χ2n) is 2.25. The Bertz CT molecular complexity index is 102. The predicted molar refractivity (Wildman–Crippen MR) is 41.2 cm³/mol. The van der Waals surface area contributed by atoms with Gasteiger partial charge in [-0.2, -0.15) is 0 Å². The van der Waals surface area contributed by atoms with Crippen LogP contribution < -0.4 is 0 Å². The number of carbonyl (C=O) groups is 1. The van der Waals surface area contributed by atoms with Gasteiger partial charge < -0.3 is 4.74 Å². The topological polar surface area (TPSA) is 26.3 Å². The fourth-order valence-corrected chi connectivity index (χ4v) is 0.784. The van der Waals surface area contributed by atoms with Crippen molar-refractivity contribution in [3.63, 3.8) is 0 Å². The first-order chi connectivity index (χ1) is 4.66. The summed E-state index contributed by atoms with van der Waals surface area (Å²) in [5, 5.41) is 0.157. The molecule has 0 aromatic carbocycles. The van der Waals surface area contributed by atoms with Crippen LogP contribution in [0.3, 0.4) is 0 Å². The van der Waals surface area contributed by atoms with E-state index in [1.807, 2.05) is 6.92 Å². The summed E-state index contributed by atoms with van der Waals surface area (Å²) in [4.78, 5) is 10.5. The van der Waals surface area contributed by atoms with Crippen LogP contribution in [0.5, 0.6) is 0 Å². The Morgan fingerprint density at radius 3 is 2.70 bits per heavy atom. The normalized spacial score (nSPS) is 12.7. The van der Waals surface area contributed by atoms with E-state index in [1.54, 1.807) is 0 Å². The van der Waals surface area contributed by atoms with Crippen molar-refractivity contribution in [1.29, 1.82) is 0 Å². The van der Waals surface area contributed by atoms with Gasteiger partial charge in [-0.3, -0.25) is 4.79 Å². The monoisotopic (exact) mass is 164 g/mol. The van der Waals surface area contributed by atoms with Gasteiger partial charge in [0.05, 0.1) is 7.11 Å². The Labute approximate surface area is 66.5 Å². The van der Waals surface area contributed by atoms with Gasteiger partial charge in [-0.15, -0.1) is 11.6 Å². The Kier molecular flexibility index (Phi) is 5.40. The third-order valence-corrected chi connectivity index (χ3v) is 1.43. The molecule has 2 nitrogen and oxygen atoms in total. The van der Waals surface area contributed by atoms with Crippen molar-refractivity contribution in [2.24, 2.45) is 0 Å². The number of rotatable bonds is 4. The highest BCUT2D eigenvalue weighted by molar-refractivity contribution is 6.20. The average molecular weight is 165 g/mol. The minimum atomic E-state index is -0.155. The maximum Gasteiger partial charge on any atom is 0.305 e. The fourth-order valence-electron chi connectivity index (χ4n) is 0.630. The van der Waals surface area contributed by atoms with Gasteiger partial charge in [0.2, 0.25) is 0 Å². The lowest BCUT2D eigenvalue weighted by atomic mass is 10.2. The van der Waals surface area contributed by atoms with Gasteiger partial charge >= 0.3 is 5.97 Å². The number of carbonyl (C=O) groups excluding carboxylic acids is 1. The lowest BCUT2D eigenvalue weighted by Crippen LogP contribution is -2.01. The van der Waals surface area contributed by atoms with Gasteiger partial charge in [0.25, 0.3) is 0 Å². The van der Waals surface area contributed by atoms with Gasteiger partial charge in [0.15, 0.2) is 0 Å². The lowest BCUT2D eigenvalue weighted by Gasteiger charge is -2.00. The Hall–Kier alpha value is -0.240. The van der Waals surface area contributed by atoms with Crippen LogP contribution in [0.2, 0.25) is 0 Å². The molecule has 0 spiro atoms. The molecule has 0 aromatic rings. The van der Waals surface area contributed by atoms with E-state index >= 15 is 0 Å². The first-order valence-electron chi connectivity index (χ1n) is 3.37. The fraction of sp³-hybridized carbons (Fsp3) is 0.857. The van der Waals surface area contributed by atoms with Crippen molar-refractivity contribution in [3.8, 4) is 0 Å². The van der Waals surface area contributed by atoms with Crippen LogP contribution in [0.15, 0.2) is 0 Å². The summed E-state index contributed by atoms with van der Waals surface area (Å²) in [5.74, 6) is -0.155. The molecule has 0 fully saturated rings. The molecule has 3 heteroatoms. The molecular formula is C7H13ClO2. The maximum absolute atomic E-state index is 10.5. The predicted octanol–water partition coefficient (Wildman–Crippen LogP) is 1.96. The van der Waals surface area contributed by atoms with Crippen molar-refractivity contribution in [2.45, 2.75) is 31.6 Å². The summed E-state index contributed by atoms with van der Waals surface area (Å²) in [6, 6.07) is 0. The molecule has 0 aromatic heterocycles. The molecule has 1 atom stereocenters. The highest BCUT2D eigenvalue weighted by atomic mass is 35.5. The molecule has 0 amide bonds. The second-order valence-corrected chi connectivity index (χ2v) is 2.99. The van der Waals surface area contributed by atoms with Crippen molar-refractivity contribution < 1.29 is 9.53 Å². The number of hydrogen-bond donors (Lipinski definition) is 0. The van der Waals surface area contributed by atoms with E-state index in [-0.39, 0.29) is 11.3 Å². The average Bonchev–Trinajstić information content (AvgIpc) is 1.87. The molecule has 0 aliphatic rings. The zero-order valence-corrected chi connectivity index (χ0v) is 7.15. The van der Waals surface area contributed by atoms with Gasteiger partial charge in [-0.25, -0.2) is 0 Å². The Morgan fingerprint density at radius 1 is 1.70 bits per heavy atom. The summed E-state index contributed by atoms with van der Waals surface area (Å²) in [6.45, 7) is 1.92. The zero-order valence-electron chi connectivity index (χ0n) is 6.39. The van der Waals surface area contributed by atoms with Crippen molar-refractivity contribution >= 4 is 17.6 Å². The van der Waals surface area contributed by atoms with E-state index in [4.69, 9.17) is 11.6 Å². The molecule has 0 aliphatic heterocycles. The van der Waals surface area contributed by atoms with Crippen LogP contribution >= 0.6 is 11.6 Å². The molecule has 1 unspecified atom stereocenters. The second kappa shape index (κ2) is 5.54. The van der Waals surface area contributed by atoms with Crippen molar-refractivity contribution in [2.75, 3.05) is 7.11 Å². The molecule has 0 heterocycles. The highest BCUT2D eigenvalue weighted by Crippen LogP contribution is 2.06. The van der Waals surface area contributed by atoms with Gasteiger partial charge in [0.1, 0.15) is 0 Å². The standard InChI is InChI=1S/C7H13ClO2/c1-6(8)4-3-5-7(9)10-2/h6H,3-5H2,1-2H3. The minimum absolute atomic E-state index is 0.155. The molecular weight excluding hydrogens is 152 g/mol. The van der Waals surface area contributed by atoms with Gasteiger partial charge in [-0.05, 0) is 19.8 Å². The largest absolute Gasteiger partial charge is 0.469 e. The molecule has 0 radical (unpaired) electrons. The van der Waals surface area contributed by atoms with Crippen LogP contribution in [0, 0.1) is 0 Å². The van der Waals surface area contributed by atoms with E-state index in [0.717, 1.165) is 12.8 Å². The lowest BCUT2D eigenvalue weighted by molar-refractivity contribution is -0.140. The molecule has 0 N–H and O–H groups in total. The Morgan fingerprint density at radius 2 is 2.30 bits per heavy atom. The van der Waals surface area contributed by atoms with E-state index in [0.29, 0.717) is 6.42 Å². The van der Waals surface area contributed by atoms with E-state index in [9.17, 15) is 4.79 Å². The van der Waals surface area contributed by atoms with E-state index in [1.165, 1.54) is 7.11 Å². The SMILES string of the molecule is COC(=O)CCCC(C)Cl. The summed E-state index contributed by atoms with van der Waals surface area (Å²) in [5.41, 5.74) is 0. The number of ether oxygens (including phenoxy) is 1. The Balaban J connectivity index is 3.12. The van der Waals surface area contributed by atoms with Crippen LogP contribution in [0.4, 0.5) is 0 Å². The molecule has 0 rings (SSSR count). The van der Waals surface area contributed by atoms with Crippen LogP contribution in [-0.4, -0.2) is 18.5 Å². The third-order valence-electron chi connectivity index (χ3n) is 1.21. The van der Waals surface area contributed by atoms with Crippen molar-refractivity contribution in [3.05, 3.63) is 0 Å². The molecule has 60 valence electrons. The summed E-state index contributed by atoms with van der Waals surface area (Å²) in [7, 11) is 1.40. The molecule has 0 bridgehead atoms. The summed E-state index contributed by atoms with van der Waals surface area (Å²) in [6.07, 6.45) is 2.17. The van der Waals surface area contributed by atoms with Gasteiger partial charge in [0, 0.05) is 11.8 Å². The first kappa shape index (κ1) is 9.76. The van der Waals surface area contributed by atoms with E-state index < -0.39 is 0 Å². The molecule has 10 heavy (non-hydrogen) atoms. The maximum atomic E-state index is 10.5. The van der Waals surface area contributed by atoms with Crippen molar-refractivity contribution in [1.82, 2.24) is 0 Å². The zero-order chi connectivity index (χ0) is 7.98. The first-order valence-corrected chi connectivity index (χ1v) is 3.81. The number of methoxy groups -OCH3 is 1. The number of esters is 1. The van der Waals surface area contributed by atoms with Crippen LogP contribution in [0.25, 0.3) is 0 Å². The third kappa shape index (κ3) is 5.89. The summed E-state index contributed by atoms with van der Waals surface area (Å²) < 4.78 is 4.45. The van der Waals surface area contributed by atoms with Crippen LogP contribution in [-0.2, 0) is 9.53 Å².